The highest BCUT2D eigenvalue weighted by Gasteiger charge is 2.18. The first-order chi connectivity index (χ1) is 13.7. The molecule has 3 aromatic rings. The van der Waals surface area contributed by atoms with Crippen molar-refractivity contribution in [2.24, 2.45) is 0 Å². The average molecular weight is 365 g/mol. The molecule has 28 heavy (non-hydrogen) atoms. The van der Waals surface area contributed by atoms with Gasteiger partial charge in [0.25, 0.3) is 0 Å². The number of unbranched alkanes of at least 4 members (excludes halogenated alkanes) is 1. The first-order valence-corrected chi connectivity index (χ1v) is 9.57. The minimum absolute atomic E-state index is 0.0371. The molecule has 0 radical (unpaired) electrons. The van der Waals surface area contributed by atoms with Crippen LogP contribution >= 0.6 is 0 Å². The highest BCUT2D eigenvalue weighted by molar-refractivity contribution is 6.09. The van der Waals surface area contributed by atoms with E-state index in [-0.39, 0.29) is 5.78 Å². The molecule has 2 heteroatoms. The Labute approximate surface area is 166 Å². The Kier molecular flexibility index (Phi) is 6.19. The van der Waals surface area contributed by atoms with Crippen LogP contribution in [-0.4, -0.2) is 5.78 Å². The lowest BCUT2D eigenvalue weighted by Gasteiger charge is -2.15. The Morgan fingerprint density at radius 1 is 0.929 bits per heavy atom. The summed E-state index contributed by atoms with van der Waals surface area (Å²) in [5.41, 5.74) is 5.22. The highest BCUT2D eigenvalue weighted by atomic mass is 16.1. The first-order valence-electron chi connectivity index (χ1n) is 9.57. The van der Waals surface area contributed by atoms with Crippen LogP contribution in [0, 0.1) is 11.3 Å². The van der Waals surface area contributed by atoms with E-state index in [1.165, 1.54) is 0 Å². The fourth-order valence-corrected chi connectivity index (χ4v) is 3.32. The molecule has 3 rings (SSSR count). The van der Waals surface area contributed by atoms with Crippen molar-refractivity contribution in [3.05, 3.63) is 113 Å². The summed E-state index contributed by atoms with van der Waals surface area (Å²) >= 11 is 0. The second-order valence-corrected chi connectivity index (χ2v) is 6.81. The quantitative estimate of drug-likeness (QED) is 0.468. The van der Waals surface area contributed by atoms with E-state index in [2.05, 4.69) is 19.6 Å². The number of ketones is 1. The number of nitrogens with zero attached hydrogens (tertiary/aromatic N) is 1. The lowest BCUT2D eigenvalue weighted by atomic mass is 9.87. The third kappa shape index (κ3) is 4.10. The Bertz CT molecular complexity index is 1030. The Morgan fingerprint density at radius 3 is 2.11 bits per heavy atom. The zero-order valence-electron chi connectivity index (χ0n) is 16.1. The summed E-state index contributed by atoms with van der Waals surface area (Å²) in [6, 6.07) is 25.1. The summed E-state index contributed by atoms with van der Waals surface area (Å²) in [5, 5.41) is 9.86. The van der Waals surface area contributed by atoms with Crippen LogP contribution in [0.4, 0.5) is 0 Å². The maximum Gasteiger partial charge on any atom is 0.193 e. The van der Waals surface area contributed by atoms with Gasteiger partial charge in [0.1, 0.15) is 6.07 Å². The van der Waals surface area contributed by atoms with Gasteiger partial charge >= 0.3 is 0 Å². The lowest BCUT2D eigenvalue weighted by molar-refractivity contribution is 0.103. The molecular weight excluding hydrogens is 342 g/mol. The molecule has 0 bridgehead atoms. The van der Waals surface area contributed by atoms with E-state index in [0.717, 1.165) is 41.5 Å². The molecule has 3 aromatic carbocycles. The van der Waals surface area contributed by atoms with E-state index < -0.39 is 0 Å². The first kappa shape index (κ1) is 19.3. The molecule has 0 aromatic heterocycles. The molecule has 0 aliphatic rings. The number of hydrogen-bond acceptors (Lipinski definition) is 2. The number of carbonyl (C=O) groups is 1. The van der Waals surface area contributed by atoms with Gasteiger partial charge < -0.3 is 0 Å². The predicted octanol–water partition coefficient (Wildman–Crippen LogP) is 6.19. The molecule has 0 aliphatic carbocycles. The van der Waals surface area contributed by atoms with Crippen LogP contribution in [0.5, 0.6) is 0 Å². The monoisotopic (exact) mass is 365 g/mol. The molecule has 0 saturated carbocycles. The van der Waals surface area contributed by atoms with Gasteiger partial charge in [-0.25, -0.2) is 0 Å². The lowest BCUT2D eigenvalue weighted by Crippen LogP contribution is -2.06. The number of carbonyl (C=O) groups excluding carboxylic acids is 1. The van der Waals surface area contributed by atoms with Gasteiger partial charge in [-0.3, -0.25) is 4.79 Å². The van der Waals surface area contributed by atoms with Crippen molar-refractivity contribution in [3.8, 4) is 6.07 Å². The summed E-state index contributed by atoms with van der Waals surface area (Å²) in [4.78, 5) is 13.1. The second kappa shape index (κ2) is 8.97. The van der Waals surface area contributed by atoms with Gasteiger partial charge in [0.05, 0.1) is 5.56 Å². The van der Waals surface area contributed by atoms with Gasteiger partial charge in [0.2, 0.25) is 0 Å². The van der Waals surface area contributed by atoms with E-state index in [1.807, 2.05) is 72.8 Å². The van der Waals surface area contributed by atoms with Crippen molar-refractivity contribution in [1.29, 1.82) is 5.26 Å². The highest BCUT2D eigenvalue weighted by Crippen LogP contribution is 2.29. The standard InChI is InChI=1S/C26H23NO/c1-3-4-11-22-16-23(26(28)21-14-9-6-10-15-21)17-24(25(22)18-27)19(2)20-12-7-5-8-13-20/h5-10,12-17H,2-4,11H2,1H3. The minimum atomic E-state index is -0.0371. The molecule has 2 nitrogen and oxygen atoms in total. The van der Waals surface area contributed by atoms with E-state index in [4.69, 9.17) is 0 Å². The van der Waals surface area contributed by atoms with Crippen LogP contribution in [-0.2, 0) is 6.42 Å². The smallest absolute Gasteiger partial charge is 0.193 e. The molecule has 0 spiro atoms. The van der Waals surface area contributed by atoms with Crippen LogP contribution in [0.15, 0.2) is 79.4 Å². The van der Waals surface area contributed by atoms with Crippen LogP contribution < -0.4 is 0 Å². The Hall–Kier alpha value is -3.44. The Morgan fingerprint density at radius 2 is 1.54 bits per heavy atom. The van der Waals surface area contributed by atoms with Crippen LogP contribution in [0.1, 0.15) is 57.9 Å². The van der Waals surface area contributed by atoms with Gasteiger partial charge in [-0.2, -0.15) is 5.26 Å². The maximum atomic E-state index is 13.1. The van der Waals surface area contributed by atoms with Crippen molar-refractivity contribution in [2.75, 3.05) is 0 Å². The molecule has 0 amide bonds. The molecule has 138 valence electrons. The Balaban J connectivity index is 2.15. The summed E-state index contributed by atoms with van der Waals surface area (Å²) in [7, 11) is 0. The molecular formula is C26H23NO. The number of benzene rings is 3. The van der Waals surface area contributed by atoms with Crippen molar-refractivity contribution < 1.29 is 4.79 Å². The van der Waals surface area contributed by atoms with E-state index in [0.29, 0.717) is 16.7 Å². The predicted molar refractivity (Wildman–Crippen MR) is 114 cm³/mol. The normalized spacial score (nSPS) is 10.3. The van der Waals surface area contributed by atoms with Gasteiger partial charge in [-0.05, 0) is 41.7 Å². The molecule has 0 unspecified atom stereocenters. The molecule has 0 fully saturated rings. The van der Waals surface area contributed by atoms with E-state index >= 15 is 0 Å². The number of rotatable bonds is 7. The van der Waals surface area contributed by atoms with E-state index in [1.54, 1.807) is 0 Å². The number of hydrogen-bond donors (Lipinski definition) is 0. The van der Waals surface area contributed by atoms with Gasteiger partial charge in [0.15, 0.2) is 5.78 Å². The second-order valence-electron chi connectivity index (χ2n) is 6.81. The zero-order chi connectivity index (χ0) is 19.9. The summed E-state index contributed by atoms with van der Waals surface area (Å²) < 4.78 is 0. The van der Waals surface area contributed by atoms with Gasteiger partial charge in [0, 0.05) is 16.7 Å². The molecule has 0 saturated heterocycles. The van der Waals surface area contributed by atoms with Gasteiger partial charge in [-0.15, -0.1) is 0 Å². The summed E-state index contributed by atoms with van der Waals surface area (Å²) in [5.74, 6) is -0.0371. The van der Waals surface area contributed by atoms with Gasteiger partial charge in [-0.1, -0.05) is 80.6 Å². The fraction of sp³-hybridized carbons (Fsp3) is 0.154. The van der Waals surface area contributed by atoms with Crippen molar-refractivity contribution in [3.63, 3.8) is 0 Å². The average Bonchev–Trinajstić information content (AvgIpc) is 2.77. The molecule has 0 aliphatic heterocycles. The fourth-order valence-electron chi connectivity index (χ4n) is 3.32. The number of aryl methyl sites for hydroxylation is 1. The number of nitriles is 1. The third-order valence-electron chi connectivity index (χ3n) is 4.88. The molecule has 0 heterocycles. The van der Waals surface area contributed by atoms with Crippen molar-refractivity contribution >= 4 is 11.4 Å². The van der Waals surface area contributed by atoms with Crippen LogP contribution in [0.25, 0.3) is 5.57 Å². The topological polar surface area (TPSA) is 40.9 Å². The minimum Gasteiger partial charge on any atom is -0.289 e. The third-order valence-corrected chi connectivity index (χ3v) is 4.88. The molecule has 0 N–H and O–H groups in total. The molecule has 0 atom stereocenters. The van der Waals surface area contributed by atoms with Crippen LogP contribution in [0.2, 0.25) is 0 Å². The summed E-state index contributed by atoms with van der Waals surface area (Å²) in [6.07, 6.45) is 2.76. The van der Waals surface area contributed by atoms with Crippen molar-refractivity contribution in [1.82, 2.24) is 0 Å². The van der Waals surface area contributed by atoms with E-state index in [9.17, 15) is 10.1 Å². The zero-order valence-corrected chi connectivity index (χ0v) is 16.1. The maximum absolute atomic E-state index is 13.1. The van der Waals surface area contributed by atoms with Crippen LogP contribution in [0.3, 0.4) is 0 Å². The summed E-state index contributed by atoms with van der Waals surface area (Å²) in [6.45, 7) is 6.36. The largest absolute Gasteiger partial charge is 0.289 e. The SMILES string of the molecule is C=C(c1ccccc1)c1cc(C(=O)c2ccccc2)cc(CCCC)c1C#N. The van der Waals surface area contributed by atoms with Crippen molar-refractivity contribution in [2.45, 2.75) is 26.2 Å².